The fourth-order valence-corrected chi connectivity index (χ4v) is 5.00. The first-order valence-electron chi connectivity index (χ1n) is 11.5. The van der Waals surface area contributed by atoms with E-state index in [0.29, 0.717) is 11.8 Å². The van der Waals surface area contributed by atoms with Gasteiger partial charge in [-0.2, -0.15) is 10.2 Å². The highest BCUT2D eigenvalue weighted by atomic mass is 32.1. The maximum absolute atomic E-state index is 8.82. The van der Waals surface area contributed by atoms with Gasteiger partial charge < -0.3 is 20.3 Å². The van der Waals surface area contributed by atoms with Crippen LogP contribution in [0.25, 0.3) is 16.3 Å². The fourth-order valence-electron chi connectivity index (χ4n) is 4.24. The van der Waals surface area contributed by atoms with Gasteiger partial charge in [0.05, 0.1) is 11.6 Å². The predicted molar refractivity (Wildman–Crippen MR) is 143 cm³/mol. The van der Waals surface area contributed by atoms with Crippen LogP contribution in [0.5, 0.6) is 11.6 Å². The number of nitrogens with one attached hydrogen (secondary N) is 2. The monoisotopic (exact) mass is 482 g/mol. The number of ether oxygens (including phenoxy) is 1. The number of anilines is 3. The molecule has 1 aliphatic rings. The number of allylic oxidation sites excluding steroid dienone is 1. The molecular formula is C27H26N6OS. The first kappa shape index (κ1) is 22.8. The number of hydrogen-bond donors (Lipinski definition) is 2. The summed E-state index contributed by atoms with van der Waals surface area (Å²) in [6.07, 6.45) is 3.27. The lowest BCUT2D eigenvalue weighted by atomic mass is 10.1. The summed E-state index contributed by atoms with van der Waals surface area (Å²) in [5.41, 5.74) is 5.89. The van der Waals surface area contributed by atoms with Gasteiger partial charge >= 0.3 is 0 Å². The van der Waals surface area contributed by atoms with Crippen molar-refractivity contribution in [3.63, 3.8) is 0 Å². The lowest BCUT2D eigenvalue weighted by Gasteiger charge is -2.29. The molecule has 2 aromatic carbocycles. The molecule has 35 heavy (non-hydrogen) atoms. The minimum absolute atomic E-state index is 0.490. The number of rotatable bonds is 6. The number of aryl methyl sites for hydroxylation is 2. The summed E-state index contributed by atoms with van der Waals surface area (Å²) in [5, 5.41) is 17.5. The molecule has 2 N–H and O–H groups in total. The molecule has 7 nitrogen and oxygen atoms in total. The molecular weight excluding hydrogens is 456 g/mol. The first-order valence-corrected chi connectivity index (χ1v) is 12.4. The average Bonchev–Trinajstić information content (AvgIpc) is 3.35. The van der Waals surface area contributed by atoms with E-state index in [0.717, 1.165) is 64.5 Å². The summed E-state index contributed by atoms with van der Waals surface area (Å²) in [5.74, 6) is 1.78. The number of piperazine rings is 1. The lowest BCUT2D eigenvalue weighted by molar-refractivity contribution is 0.463. The van der Waals surface area contributed by atoms with Gasteiger partial charge in [0.1, 0.15) is 10.4 Å². The molecule has 0 spiro atoms. The minimum Gasteiger partial charge on any atom is -0.437 e. The molecule has 1 saturated heterocycles. The number of hydrogen-bond acceptors (Lipinski definition) is 8. The molecule has 0 aliphatic carbocycles. The van der Waals surface area contributed by atoms with Crippen molar-refractivity contribution in [2.24, 2.45) is 0 Å². The van der Waals surface area contributed by atoms with Gasteiger partial charge in [-0.1, -0.05) is 0 Å². The Bertz CT molecular complexity index is 1390. The molecule has 176 valence electrons. The van der Waals surface area contributed by atoms with Crippen LogP contribution in [-0.2, 0) is 0 Å². The Morgan fingerprint density at radius 2 is 1.83 bits per heavy atom. The smallest absolute Gasteiger partial charge is 0.242 e. The largest absolute Gasteiger partial charge is 0.437 e. The van der Waals surface area contributed by atoms with Crippen molar-refractivity contribution >= 4 is 45.0 Å². The number of benzene rings is 2. The summed E-state index contributed by atoms with van der Waals surface area (Å²) in [4.78, 5) is 11.8. The number of thiophene rings is 1. The molecule has 8 heteroatoms. The second-order valence-electron chi connectivity index (χ2n) is 8.44. The van der Waals surface area contributed by atoms with E-state index in [-0.39, 0.29) is 0 Å². The van der Waals surface area contributed by atoms with Crippen molar-refractivity contribution in [3.05, 3.63) is 70.6 Å². The molecule has 0 radical (unpaired) electrons. The van der Waals surface area contributed by atoms with Crippen LogP contribution in [0.2, 0.25) is 0 Å². The van der Waals surface area contributed by atoms with Crippen LogP contribution >= 0.6 is 11.3 Å². The van der Waals surface area contributed by atoms with E-state index < -0.39 is 0 Å². The van der Waals surface area contributed by atoms with Crippen LogP contribution in [-0.4, -0.2) is 36.1 Å². The van der Waals surface area contributed by atoms with Crippen LogP contribution in [0.1, 0.15) is 16.7 Å². The van der Waals surface area contributed by atoms with E-state index in [9.17, 15) is 0 Å². The van der Waals surface area contributed by atoms with E-state index in [2.05, 4.69) is 44.8 Å². The molecule has 0 bridgehead atoms. The van der Waals surface area contributed by atoms with Gasteiger partial charge in [-0.3, -0.25) is 0 Å². The Hall–Kier alpha value is -3.93. The SMILES string of the molecule is Cc1cc(/C=C/C#N)cc(C)c1Oc1nc(Nc2ccc(N3CCNCC3)cc2)nc2ccsc12. The molecule has 4 aromatic rings. The third-order valence-corrected chi connectivity index (χ3v) is 6.80. The van der Waals surface area contributed by atoms with Crippen molar-refractivity contribution in [1.29, 1.82) is 5.26 Å². The van der Waals surface area contributed by atoms with E-state index >= 15 is 0 Å². The van der Waals surface area contributed by atoms with Crippen LogP contribution in [0.15, 0.2) is 53.9 Å². The van der Waals surface area contributed by atoms with Crippen molar-refractivity contribution in [2.45, 2.75) is 13.8 Å². The number of nitriles is 1. The molecule has 1 aliphatic heterocycles. The molecule has 3 heterocycles. The molecule has 5 rings (SSSR count). The van der Waals surface area contributed by atoms with Crippen LogP contribution in [0.4, 0.5) is 17.3 Å². The number of fused-ring (bicyclic) bond motifs is 1. The molecule has 0 atom stereocenters. The highest BCUT2D eigenvalue weighted by Crippen LogP contribution is 2.36. The van der Waals surface area contributed by atoms with Crippen LogP contribution in [0, 0.1) is 25.2 Å². The summed E-state index contributed by atoms with van der Waals surface area (Å²) >= 11 is 1.56. The highest BCUT2D eigenvalue weighted by Gasteiger charge is 2.15. The van der Waals surface area contributed by atoms with Gasteiger partial charge in [-0.25, -0.2) is 4.98 Å². The Kier molecular flexibility index (Phi) is 6.62. The van der Waals surface area contributed by atoms with Crippen molar-refractivity contribution in [3.8, 4) is 17.7 Å². The van der Waals surface area contributed by atoms with E-state index in [1.807, 2.05) is 43.5 Å². The van der Waals surface area contributed by atoms with E-state index in [1.54, 1.807) is 17.4 Å². The fraction of sp³-hybridized carbons (Fsp3) is 0.222. The topological polar surface area (TPSA) is 86.1 Å². The minimum atomic E-state index is 0.490. The van der Waals surface area contributed by atoms with Crippen molar-refractivity contribution in [2.75, 3.05) is 36.4 Å². The van der Waals surface area contributed by atoms with Crippen molar-refractivity contribution < 1.29 is 4.74 Å². The zero-order chi connectivity index (χ0) is 24.2. The molecule has 0 unspecified atom stereocenters. The van der Waals surface area contributed by atoms with E-state index in [4.69, 9.17) is 15.0 Å². The van der Waals surface area contributed by atoms with Gasteiger partial charge in [0.2, 0.25) is 11.8 Å². The maximum atomic E-state index is 8.82. The third-order valence-electron chi connectivity index (χ3n) is 5.91. The Morgan fingerprint density at radius 1 is 1.09 bits per heavy atom. The molecule has 1 fully saturated rings. The number of nitrogens with zero attached hydrogens (tertiary/aromatic N) is 4. The van der Waals surface area contributed by atoms with Crippen LogP contribution in [0.3, 0.4) is 0 Å². The quantitative estimate of drug-likeness (QED) is 0.336. The average molecular weight is 483 g/mol. The first-order chi connectivity index (χ1) is 17.1. The van der Waals surface area contributed by atoms with Gasteiger partial charge in [0.25, 0.3) is 0 Å². The third kappa shape index (κ3) is 5.11. The van der Waals surface area contributed by atoms with Crippen molar-refractivity contribution in [1.82, 2.24) is 15.3 Å². The summed E-state index contributed by atoms with van der Waals surface area (Å²) in [6, 6.07) is 16.4. The Morgan fingerprint density at radius 3 is 2.54 bits per heavy atom. The standard InChI is InChI=1S/C27H26N6OS/c1-18-16-20(4-3-10-28)17-19(2)24(18)34-26-25-23(9-15-35-25)31-27(32-26)30-21-5-7-22(8-6-21)33-13-11-29-12-14-33/h3-9,15-17,29H,11-14H2,1-2H3,(H,30,31,32)/b4-3+. The zero-order valence-corrected chi connectivity index (χ0v) is 20.5. The second-order valence-corrected chi connectivity index (χ2v) is 9.36. The second kappa shape index (κ2) is 10.1. The molecule has 0 saturated carbocycles. The van der Waals surface area contributed by atoms with Gasteiger partial charge in [0.15, 0.2) is 0 Å². The number of aromatic nitrogens is 2. The zero-order valence-electron chi connectivity index (χ0n) is 19.7. The van der Waals surface area contributed by atoms with Crippen LogP contribution < -0.4 is 20.3 Å². The molecule has 2 aromatic heterocycles. The summed E-state index contributed by atoms with van der Waals surface area (Å²) in [7, 11) is 0. The summed E-state index contributed by atoms with van der Waals surface area (Å²) in [6.45, 7) is 8.04. The lowest BCUT2D eigenvalue weighted by Crippen LogP contribution is -2.43. The predicted octanol–water partition coefficient (Wildman–Crippen LogP) is 5.79. The van der Waals surface area contributed by atoms with E-state index in [1.165, 1.54) is 11.8 Å². The Labute approximate surface area is 208 Å². The normalized spacial score (nSPS) is 13.8. The maximum Gasteiger partial charge on any atom is 0.242 e. The highest BCUT2D eigenvalue weighted by molar-refractivity contribution is 7.17. The summed E-state index contributed by atoms with van der Waals surface area (Å²) < 4.78 is 7.27. The van der Waals surface area contributed by atoms with Gasteiger partial charge in [-0.05, 0) is 84.5 Å². The Balaban J connectivity index is 1.41. The van der Waals surface area contributed by atoms with Gasteiger partial charge in [0, 0.05) is 43.6 Å². The molecule has 0 amide bonds. The van der Waals surface area contributed by atoms with Gasteiger partial charge in [-0.15, -0.1) is 11.3 Å².